The Bertz CT molecular complexity index is 963. The summed E-state index contributed by atoms with van der Waals surface area (Å²) >= 11 is 0. The number of likely N-dealkylation sites (tertiary alicyclic amines) is 1. The van der Waals surface area contributed by atoms with Gasteiger partial charge in [0.25, 0.3) is 0 Å². The maximum Gasteiger partial charge on any atom is 0.222 e. The average Bonchev–Trinajstić information content (AvgIpc) is 3.40. The minimum absolute atomic E-state index is 0.153. The number of hydrogen-bond acceptors (Lipinski definition) is 6. The molecule has 1 aromatic carbocycles. The molecule has 2 aliphatic heterocycles. The molecule has 2 aromatic rings. The molecule has 0 spiro atoms. The first-order valence-corrected chi connectivity index (χ1v) is 13.7. The smallest absolute Gasteiger partial charge is 0.222 e. The Morgan fingerprint density at radius 1 is 1.19 bits per heavy atom. The second-order valence-corrected chi connectivity index (χ2v) is 11.5. The average molecular weight is 513 g/mol. The minimum atomic E-state index is -0.653. The molecule has 8 nitrogen and oxygen atoms in total. The highest BCUT2D eigenvalue weighted by Crippen LogP contribution is 2.32. The molecule has 1 amide bonds. The van der Waals surface area contributed by atoms with Gasteiger partial charge >= 0.3 is 0 Å². The predicted octanol–water partition coefficient (Wildman–Crippen LogP) is 3.52. The lowest BCUT2D eigenvalue weighted by atomic mass is 9.80. The lowest BCUT2D eigenvalue weighted by Gasteiger charge is -2.39. The first-order chi connectivity index (χ1) is 17.8. The van der Waals surface area contributed by atoms with Crippen LogP contribution in [-0.4, -0.2) is 83.4 Å². The van der Waals surface area contributed by atoms with Gasteiger partial charge in [0.15, 0.2) is 0 Å². The van der Waals surface area contributed by atoms with Gasteiger partial charge in [0.1, 0.15) is 5.75 Å². The fraction of sp³-hybridized carbons (Fsp3) is 0.655. The summed E-state index contributed by atoms with van der Waals surface area (Å²) in [6.07, 6.45) is 7.28. The van der Waals surface area contributed by atoms with Gasteiger partial charge in [0.05, 0.1) is 26.1 Å². The van der Waals surface area contributed by atoms with E-state index in [1.807, 2.05) is 49.2 Å². The minimum Gasteiger partial charge on any atom is -0.497 e. The first kappa shape index (κ1) is 27.6. The number of carbonyl (C=O) groups excluding carboxylic acids is 1. The van der Waals surface area contributed by atoms with E-state index in [-0.39, 0.29) is 5.91 Å². The quantitative estimate of drug-likeness (QED) is 0.616. The molecule has 2 aliphatic rings. The number of aromatic amines is 1. The Balaban J connectivity index is 1.46. The Morgan fingerprint density at radius 3 is 2.73 bits per heavy atom. The third-order valence-electron chi connectivity index (χ3n) is 8.18. The molecule has 2 N–H and O–H groups in total. The lowest BCUT2D eigenvalue weighted by Crippen LogP contribution is -2.47. The van der Waals surface area contributed by atoms with Crippen LogP contribution in [0.2, 0.25) is 0 Å². The van der Waals surface area contributed by atoms with Crippen molar-refractivity contribution in [1.29, 1.82) is 0 Å². The summed E-state index contributed by atoms with van der Waals surface area (Å²) < 4.78 is 11.3. The van der Waals surface area contributed by atoms with Crippen molar-refractivity contribution in [3.63, 3.8) is 0 Å². The van der Waals surface area contributed by atoms with Crippen LogP contribution < -0.4 is 4.74 Å². The summed E-state index contributed by atoms with van der Waals surface area (Å²) in [5, 5.41) is 11.1. The number of carbonyl (C=O) groups is 1. The van der Waals surface area contributed by atoms with Crippen molar-refractivity contribution < 1.29 is 19.4 Å². The van der Waals surface area contributed by atoms with Gasteiger partial charge in [-0.2, -0.15) is 0 Å². The number of benzene rings is 1. The summed E-state index contributed by atoms with van der Waals surface area (Å²) in [5.74, 6) is 1.77. The normalized spacial score (nSPS) is 26.0. The number of rotatable bonds is 6. The van der Waals surface area contributed by atoms with Gasteiger partial charge in [-0.25, -0.2) is 4.98 Å². The number of aliphatic hydroxyl groups is 1. The number of hydrogen-bond donors (Lipinski definition) is 2. The summed E-state index contributed by atoms with van der Waals surface area (Å²) in [6, 6.07) is 8.00. The summed E-state index contributed by atoms with van der Waals surface area (Å²) in [6.45, 7) is 8.96. The van der Waals surface area contributed by atoms with Crippen molar-refractivity contribution in [1.82, 2.24) is 19.8 Å². The van der Waals surface area contributed by atoms with E-state index in [0.717, 1.165) is 62.3 Å². The number of nitrogens with one attached hydrogen (secondary N) is 1. The maximum atomic E-state index is 13.7. The molecule has 3 heterocycles. The molecule has 0 radical (unpaired) electrons. The second-order valence-electron chi connectivity index (χ2n) is 11.5. The molecule has 0 saturated carbocycles. The molecular formula is C29H44N4O4. The molecule has 0 unspecified atom stereocenters. The van der Waals surface area contributed by atoms with E-state index in [4.69, 9.17) is 9.47 Å². The van der Waals surface area contributed by atoms with Crippen LogP contribution in [0.3, 0.4) is 0 Å². The van der Waals surface area contributed by atoms with Crippen LogP contribution >= 0.6 is 0 Å². The van der Waals surface area contributed by atoms with E-state index >= 15 is 0 Å². The number of β-amino-alcohol motifs (C(OH)–C–C–N with tert-alkyl or cyclic N) is 1. The van der Waals surface area contributed by atoms with E-state index in [9.17, 15) is 9.90 Å². The molecular weight excluding hydrogens is 468 g/mol. The third-order valence-corrected chi connectivity index (χ3v) is 8.18. The Morgan fingerprint density at radius 2 is 2.00 bits per heavy atom. The molecule has 1 aromatic heterocycles. The van der Waals surface area contributed by atoms with Crippen LogP contribution in [0.25, 0.3) is 0 Å². The van der Waals surface area contributed by atoms with Crippen LogP contribution in [0, 0.1) is 17.3 Å². The SMILES string of the molecule is COc1ccc(CCN2C[C@H](O)C(C)(C)COCCC[C@H]3CN(Cc4cnc[nH]4)CC[C@H]3CC2=O)cc1. The number of fused-ring (bicyclic) bond motifs is 1. The largest absolute Gasteiger partial charge is 0.497 e. The van der Waals surface area contributed by atoms with Crippen molar-refractivity contribution in [2.45, 2.75) is 58.6 Å². The number of piperidine rings is 1. The number of ether oxygens (including phenoxy) is 2. The zero-order valence-corrected chi connectivity index (χ0v) is 22.7. The van der Waals surface area contributed by atoms with Gasteiger partial charge in [-0.1, -0.05) is 26.0 Å². The molecule has 0 bridgehead atoms. The summed E-state index contributed by atoms with van der Waals surface area (Å²) in [4.78, 5) is 25.5. The van der Waals surface area contributed by atoms with Gasteiger partial charge in [-0.15, -0.1) is 0 Å². The molecule has 8 heteroatoms. The Labute approximate surface area is 221 Å². The highest BCUT2D eigenvalue weighted by molar-refractivity contribution is 5.76. The first-order valence-electron chi connectivity index (χ1n) is 13.7. The van der Waals surface area contributed by atoms with Gasteiger partial charge in [-0.3, -0.25) is 9.69 Å². The van der Waals surface area contributed by atoms with Gasteiger partial charge in [-0.05, 0) is 61.8 Å². The molecule has 204 valence electrons. The third kappa shape index (κ3) is 7.79. The maximum absolute atomic E-state index is 13.7. The van der Waals surface area contributed by atoms with Crippen molar-refractivity contribution >= 4 is 5.91 Å². The van der Waals surface area contributed by atoms with Gasteiger partial charge in [0, 0.05) is 56.5 Å². The monoisotopic (exact) mass is 512 g/mol. The van der Waals surface area contributed by atoms with Crippen LogP contribution in [0.15, 0.2) is 36.8 Å². The van der Waals surface area contributed by atoms with E-state index in [0.29, 0.717) is 44.6 Å². The predicted molar refractivity (Wildman–Crippen MR) is 143 cm³/mol. The van der Waals surface area contributed by atoms with Gasteiger partial charge in [0.2, 0.25) is 5.91 Å². The van der Waals surface area contributed by atoms with Crippen molar-refractivity contribution in [3.8, 4) is 5.75 Å². The second kappa shape index (κ2) is 12.9. The number of methoxy groups -OCH3 is 1. The number of aromatic nitrogens is 2. The zero-order chi connectivity index (χ0) is 26.3. The number of aliphatic hydroxyl groups excluding tert-OH is 1. The van der Waals surface area contributed by atoms with E-state index in [2.05, 4.69) is 14.9 Å². The number of nitrogens with zero attached hydrogens (tertiary/aromatic N) is 3. The van der Waals surface area contributed by atoms with Crippen molar-refractivity contribution in [2.75, 3.05) is 46.5 Å². The highest BCUT2D eigenvalue weighted by Gasteiger charge is 2.35. The Kier molecular flexibility index (Phi) is 9.62. The van der Waals surface area contributed by atoms with Crippen LogP contribution in [0.5, 0.6) is 5.75 Å². The molecule has 2 fully saturated rings. The number of H-pyrrole nitrogens is 1. The van der Waals surface area contributed by atoms with Crippen LogP contribution in [0.4, 0.5) is 0 Å². The van der Waals surface area contributed by atoms with Crippen molar-refractivity contribution in [3.05, 3.63) is 48.0 Å². The van der Waals surface area contributed by atoms with E-state index < -0.39 is 11.5 Å². The fourth-order valence-electron chi connectivity index (χ4n) is 5.57. The molecule has 4 rings (SSSR count). The van der Waals surface area contributed by atoms with Gasteiger partial charge < -0.3 is 24.5 Å². The highest BCUT2D eigenvalue weighted by atomic mass is 16.5. The van der Waals surface area contributed by atoms with Crippen LogP contribution in [-0.2, 0) is 22.5 Å². The van der Waals surface area contributed by atoms with E-state index in [1.165, 1.54) is 0 Å². The lowest BCUT2D eigenvalue weighted by molar-refractivity contribution is -0.136. The molecule has 37 heavy (non-hydrogen) atoms. The van der Waals surface area contributed by atoms with Crippen molar-refractivity contribution in [2.24, 2.45) is 17.3 Å². The number of amides is 1. The van der Waals surface area contributed by atoms with E-state index in [1.54, 1.807) is 13.4 Å². The summed E-state index contributed by atoms with van der Waals surface area (Å²) in [7, 11) is 1.66. The molecule has 3 atom stereocenters. The fourth-order valence-corrected chi connectivity index (χ4v) is 5.57. The number of imidazole rings is 1. The Hall–Kier alpha value is -2.42. The molecule has 0 aliphatic carbocycles. The molecule has 2 saturated heterocycles. The van der Waals surface area contributed by atoms with Crippen LogP contribution in [0.1, 0.15) is 50.8 Å². The summed E-state index contributed by atoms with van der Waals surface area (Å²) in [5.41, 5.74) is 1.85. The zero-order valence-electron chi connectivity index (χ0n) is 22.7. The standard InChI is InChI=1S/C29H44N4O4/c1-29(2)20-37-14-4-5-24-17-32(18-25-16-30-21-31-25)12-11-23(24)15-28(35)33(19-27(29)34)13-10-22-6-8-26(36-3)9-7-22/h6-9,16,21,23-24,27,34H,4-5,10-15,17-20H2,1-3H3,(H,30,31)/t23-,24-,27-/m0/s1. The topological polar surface area (TPSA) is 90.9 Å².